The normalized spacial score (nSPS) is 9.08. The quantitative estimate of drug-likeness (QED) is 0.571. The van der Waals surface area contributed by atoms with Crippen LogP contribution in [-0.4, -0.2) is 12.4 Å². The van der Waals surface area contributed by atoms with Crippen LogP contribution >= 0.6 is 15.9 Å². The molecule has 0 saturated heterocycles. The van der Waals surface area contributed by atoms with Crippen molar-refractivity contribution in [1.29, 1.82) is 0 Å². The van der Waals surface area contributed by atoms with Crippen molar-refractivity contribution < 1.29 is 14.3 Å². The topological polar surface area (TPSA) is 43.4 Å². The first kappa shape index (κ1) is 8.93. The molecule has 0 aliphatic carbocycles. The van der Waals surface area contributed by atoms with E-state index in [1.807, 2.05) is 0 Å². The molecule has 0 aliphatic heterocycles. The first-order valence-corrected chi connectivity index (χ1v) is 3.87. The monoisotopic (exact) mass is 227 g/mol. The highest BCUT2D eigenvalue weighted by molar-refractivity contribution is 9.10. The zero-order valence-corrected chi connectivity index (χ0v) is 7.50. The molecule has 3 nitrogen and oxygen atoms in total. The maximum absolute atomic E-state index is 10.9. The van der Waals surface area contributed by atoms with E-state index in [-0.39, 0.29) is 0 Å². The Morgan fingerprint density at radius 1 is 1.33 bits per heavy atom. The number of benzene rings is 1. The van der Waals surface area contributed by atoms with Crippen LogP contribution in [0.25, 0.3) is 0 Å². The van der Waals surface area contributed by atoms with Crippen LogP contribution in [0.5, 0.6) is 0 Å². The SMILES string of the molecule is O=[C]OC(=O)c1ccc(Br)cc1. The molecule has 1 aromatic carbocycles. The fourth-order valence-electron chi connectivity index (χ4n) is 0.683. The summed E-state index contributed by atoms with van der Waals surface area (Å²) >= 11 is 3.20. The third-order valence-electron chi connectivity index (χ3n) is 1.21. The van der Waals surface area contributed by atoms with Crippen molar-refractivity contribution in [1.82, 2.24) is 0 Å². The van der Waals surface area contributed by atoms with Crippen molar-refractivity contribution in [3.05, 3.63) is 34.3 Å². The number of halogens is 1. The Bertz CT molecular complexity index is 292. The lowest BCUT2D eigenvalue weighted by Crippen LogP contribution is -2.02. The Kier molecular flexibility index (Phi) is 2.99. The third-order valence-corrected chi connectivity index (χ3v) is 1.74. The molecule has 0 atom stereocenters. The van der Waals surface area contributed by atoms with Gasteiger partial charge in [-0.3, -0.25) is 0 Å². The highest BCUT2D eigenvalue weighted by atomic mass is 79.9. The Morgan fingerprint density at radius 3 is 2.42 bits per heavy atom. The molecule has 0 spiro atoms. The Labute approximate surface area is 77.5 Å². The van der Waals surface area contributed by atoms with Crippen LogP contribution in [-0.2, 0) is 9.53 Å². The fourth-order valence-corrected chi connectivity index (χ4v) is 0.947. The predicted octanol–water partition coefficient (Wildman–Crippen LogP) is 1.67. The van der Waals surface area contributed by atoms with E-state index in [1.54, 1.807) is 24.3 Å². The summed E-state index contributed by atoms with van der Waals surface area (Å²) in [6.45, 7) is 1.07. The van der Waals surface area contributed by atoms with E-state index in [1.165, 1.54) is 0 Å². The molecule has 1 rings (SSSR count). The van der Waals surface area contributed by atoms with E-state index in [9.17, 15) is 9.59 Å². The molecule has 0 aliphatic rings. The molecule has 0 fully saturated rings. The van der Waals surface area contributed by atoms with Gasteiger partial charge in [-0.15, -0.1) is 0 Å². The van der Waals surface area contributed by atoms with Crippen LogP contribution in [0.1, 0.15) is 10.4 Å². The number of rotatable bonds is 2. The van der Waals surface area contributed by atoms with Gasteiger partial charge in [0.2, 0.25) is 0 Å². The van der Waals surface area contributed by atoms with Crippen molar-refractivity contribution in [3.8, 4) is 0 Å². The van der Waals surface area contributed by atoms with Crippen LogP contribution in [0.4, 0.5) is 0 Å². The van der Waals surface area contributed by atoms with Gasteiger partial charge in [0.25, 0.3) is 0 Å². The second-order valence-electron chi connectivity index (χ2n) is 1.98. The number of hydrogen-bond acceptors (Lipinski definition) is 3. The minimum Gasteiger partial charge on any atom is -0.381 e. The zero-order chi connectivity index (χ0) is 8.97. The highest BCUT2D eigenvalue weighted by Crippen LogP contribution is 2.10. The molecule has 0 aromatic heterocycles. The van der Waals surface area contributed by atoms with Gasteiger partial charge in [-0.1, -0.05) is 15.9 Å². The van der Waals surface area contributed by atoms with Crippen molar-refractivity contribution >= 4 is 28.4 Å². The molecule has 0 amide bonds. The van der Waals surface area contributed by atoms with Crippen molar-refractivity contribution in [2.45, 2.75) is 0 Å². The van der Waals surface area contributed by atoms with Crippen LogP contribution in [0.3, 0.4) is 0 Å². The molecule has 0 heterocycles. The van der Waals surface area contributed by atoms with Crippen LogP contribution in [0.15, 0.2) is 28.7 Å². The van der Waals surface area contributed by atoms with Gasteiger partial charge in [-0.05, 0) is 24.3 Å². The number of hydrogen-bond donors (Lipinski definition) is 0. The molecule has 61 valence electrons. The largest absolute Gasteiger partial charge is 0.425 e. The Hall–Kier alpha value is -1.16. The summed E-state index contributed by atoms with van der Waals surface area (Å²) in [4.78, 5) is 20.5. The van der Waals surface area contributed by atoms with Gasteiger partial charge in [0.1, 0.15) is 0 Å². The molecule has 4 heteroatoms. The van der Waals surface area contributed by atoms with Crippen LogP contribution in [0, 0.1) is 0 Å². The first-order chi connectivity index (χ1) is 5.74. The van der Waals surface area contributed by atoms with E-state index < -0.39 is 5.97 Å². The van der Waals surface area contributed by atoms with Crippen molar-refractivity contribution in [2.24, 2.45) is 0 Å². The second-order valence-corrected chi connectivity index (χ2v) is 2.90. The second kappa shape index (κ2) is 4.01. The van der Waals surface area contributed by atoms with E-state index in [2.05, 4.69) is 20.7 Å². The summed E-state index contributed by atoms with van der Waals surface area (Å²) < 4.78 is 4.86. The van der Waals surface area contributed by atoms with Crippen molar-refractivity contribution in [3.63, 3.8) is 0 Å². The van der Waals surface area contributed by atoms with Crippen LogP contribution in [0.2, 0.25) is 0 Å². The lowest BCUT2D eigenvalue weighted by Gasteiger charge is -1.95. The Balaban J connectivity index is 2.82. The van der Waals surface area contributed by atoms with E-state index in [0.717, 1.165) is 10.9 Å². The van der Waals surface area contributed by atoms with Gasteiger partial charge in [0.05, 0.1) is 5.56 Å². The average molecular weight is 228 g/mol. The highest BCUT2D eigenvalue weighted by Gasteiger charge is 2.05. The van der Waals surface area contributed by atoms with E-state index >= 15 is 0 Å². The summed E-state index contributed by atoms with van der Waals surface area (Å²) in [6.07, 6.45) is 0. The third kappa shape index (κ3) is 2.17. The van der Waals surface area contributed by atoms with E-state index in [4.69, 9.17) is 0 Å². The smallest absolute Gasteiger partial charge is 0.381 e. The maximum atomic E-state index is 10.9. The van der Waals surface area contributed by atoms with Gasteiger partial charge in [-0.2, -0.15) is 0 Å². The molecule has 1 radical (unpaired) electrons. The van der Waals surface area contributed by atoms with Gasteiger partial charge >= 0.3 is 12.4 Å². The van der Waals surface area contributed by atoms with Gasteiger partial charge in [-0.25, -0.2) is 9.59 Å². The van der Waals surface area contributed by atoms with Crippen molar-refractivity contribution in [2.75, 3.05) is 0 Å². The minimum absolute atomic E-state index is 0.321. The summed E-state index contributed by atoms with van der Waals surface area (Å²) in [6, 6.07) is 6.45. The standard InChI is InChI=1S/C8H4BrO3/c9-7-3-1-6(2-4-7)8(11)12-5-10/h1-4H. The molecule has 0 bridgehead atoms. The molecule has 12 heavy (non-hydrogen) atoms. The molecule has 0 N–H and O–H groups in total. The summed E-state index contributed by atoms with van der Waals surface area (Å²) in [5.74, 6) is -0.697. The average Bonchev–Trinajstić information content (AvgIpc) is 2.06. The van der Waals surface area contributed by atoms with E-state index in [0.29, 0.717) is 5.56 Å². The summed E-state index contributed by atoms with van der Waals surface area (Å²) in [5, 5.41) is 0. The molecule has 0 saturated carbocycles. The summed E-state index contributed by atoms with van der Waals surface area (Å²) in [7, 11) is 0. The fraction of sp³-hybridized carbons (Fsp3) is 0. The number of ether oxygens (including phenoxy) is 1. The number of carbonyl (C=O) groups excluding carboxylic acids is 2. The lowest BCUT2D eigenvalue weighted by atomic mass is 10.2. The lowest BCUT2D eigenvalue weighted by molar-refractivity contribution is 0.0710. The molecular formula is C8H4BrO3. The summed E-state index contributed by atoms with van der Waals surface area (Å²) in [5.41, 5.74) is 0.321. The van der Waals surface area contributed by atoms with Gasteiger partial charge in [0.15, 0.2) is 0 Å². The maximum Gasteiger partial charge on any atom is 0.425 e. The molecular weight excluding hydrogens is 224 g/mol. The van der Waals surface area contributed by atoms with Gasteiger partial charge in [0, 0.05) is 4.47 Å². The molecule has 0 unspecified atom stereocenters. The number of esters is 1. The van der Waals surface area contributed by atoms with Gasteiger partial charge < -0.3 is 4.74 Å². The zero-order valence-electron chi connectivity index (χ0n) is 5.91. The minimum atomic E-state index is -0.697. The first-order valence-electron chi connectivity index (χ1n) is 3.08. The number of carbonyl (C=O) groups is 1. The predicted molar refractivity (Wildman–Crippen MR) is 45.3 cm³/mol. The Morgan fingerprint density at radius 2 is 1.92 bits per heavy atom. The van der Waals surface area contributed by atoms with Crippen LogP contribution < -0.4 is 0 Å². The molecule has 1 aromatic rings.